The SMILES string of the molecule is Cn1nccc1NCCNC(C)(C)C. The van der Waals surface area contributed by atoms with Gasteiger partial charge < -0.3 is 10.6 Å². The zero-order valence-electron chi connectivity index (χ0n) is 9.46. The fourth-order valence-electron chi connectivity index (χ4n) is 1.18. The molecular formula is C10H20N4. The van der Waals surface area contributed by atoms with Gasteiger partial charge in [0.2, 0.25) is 0 Å². The Bertz CT molecular complexity index is 272. The second-order valence-corrected chi connectivity index (χ2v) is 4.44. The first-order valence-corrected chi connectivity index (χ1v) is 4.96. The van der Waals surface area contributed by atoms with E-state index in [1.54, 1.807) is 6.20 Å². The highest BCUT2D eigenvalue weighted by Crippen LogP contribution is 2.02. The summed E-state index contributed by atoms with van der Waals surface area (Å²) in [6.45, 7) is 8.36. The predicted molar refractivity (Wildman–Crippen MR) is 59.5 cm³/mol. The smallest absolute Gasteiger partial charge is 0.123 e. The van der Waals surface area contributed by atoms with Crippen molar-refractivity contribution in [3.05, 3.63) is 12.3 Å². The highest BCUT2D eigenvalue weighted by atomic mass is 15.3. The summed E-state index contributed by atoms with van der Waals surface area (Å²) in [7, 11) is 1.93. The average molecular weight is 196 g/mol. The van der Waals surface area contributed by atoms with Crippen molar-refractivity contribution in [3.63, 3.8) is 0 Å². The lowest BCUT2D eigenvalue weighted by molar-refractivity contribution is 0.435. The summed E-state index contributed by atoms with van der Waals surface area (Å²) in [4.78, 5) is 0. The van der Waals surface area contributed by atoms with Crippen molar-refractivity contribution in [1.82, 2.24) is 15.1 Å². The van der Waals surface area contributed by atoms with Crippen molar-refractivity contribution in [2.45, 2.75) is 26.3 Å². The molecule has 2 N–H and O–H groups in total. The van der Waals surface area contributed by atoms with E-state index in [2.05, 4.69) is 36.5 Å². The van der Waals surface area contributed by atoms with Crippen molar-refractivity contribution < 1.29 is 0 Å². The van der Waals surface area contributed by atoms with Gasteiger partial charge in [-0.1, -0.05) is 0 Å². The highest BCUT2D eigenvalue weighted by molar-refractivity contribution is 5.33. The molecule has 1 aromatic heterocycles. The van der Waals surface area contributed by atoms with E-state index in [9.17, 15) is 0 Å². The first-order valence-electron chi connectivity index (χ1n) is 4.96. The molecule has 4 heteroatoms. The molecule has 80 valence electrons. The van der Waals surface area contributed by atoms with Gasteiger partial charge in [-0.3, -0.25) is 4.68 Å². The number of rotatable bonds is 4. The third kappa shape index (κ3) is 3.79. The van der Waals surface area contributed by atoms with Crippen LogP contribution in [0.4, 0.5) is 5.82 Å². The summed E-state index contributed by atoms with van der Waals surface area (Å²) in [6, 6.07) is 1.97. The maximum absolute atomic E-state index is 4.08. The van der Waals surface area contributed by atoms with Gasteiger partial charge in [-0.15, -0.1) is 0 Å². The molecular weight excluding hydrogens is 176 g/mol. The molecule has 0 fully saturated rings. The molecule has 0 atom stereocenters. The third-order valence-corrected chi connectivity index (χ3v) is 1.91. The summed E-state index contributed by atoms with van der Waals surface area (Å²) in [6.07, 6.45) is 1.79. The van der Waals surface area contributed by atoms with Crippen LogP contribution >= 0.6 is 0 Å². The first kappa shape index (κ1) is 11.0. The average Bonchev–Trinajstić information content (AvgIpc) is 2.44. The molecule has 0 aliphatic heterocycles. The molecule has 0 saturated heterocycles. The number of anilines is 1. The maximum atomic E-state index is 4.08. The van der Waals surface area contributed by atoms with E-state index in [-0.39, 0.29) is 5.54 Å². The Balaban J connectivity index is 2.20. The summed E-state index contributed by atoms with van der Waals surface area (Å²) in [5.74, 6) is 1.06. The van der Waals surface area contributed by atoms with E-state index >= 15 is 0 Å². The van der Waals surface area contributed by atoms with Crippen LogP contribution in [0.5, 0.6) is 0 Å². The molecule has 0 aliphatic rings. The number of aryl methyl sites for hydroxylation is 1. The van der Waals surface area contributed by atoms with Crippen LogP contribution in [-0.4, -0.2) is 28.4 Å². The predicted octanol–water partition coefficient (Wildman–Crippen LogP) is 1.22. The molecule has 0 aliphatic carbocycles. The minimum absolute atomic E-state index is 0.189. The van der Waals surface area contributed by atoms with Gasteiger partial charge in [0.05, 0.1) is 6.20 Å². The van der Waals surface area contributed by atoms with Crippen LogP contribution in [0, 0.1) is 0 Å². The van der Waals surface area contributed by atoms with Crippen LogP contribution in [0.2, 0.25) is 0 Å². The van der Waals surface area contributed by atoms with Crippen LogP contribution in [0.25, 0.3) is 0 Å². The Morgan fingerprint density at radius 3 is 2.57 bits per heavy atom. The normalized spacial score (nSPS) is 11.7. The lowest BCUT2D eigenvalue weighted by Gasteiger charge is -2.20. The fraction of sp³-hybridized carbons (Fsp3) is 0.700. The van der Waals surface area contributed by atoms with E-state index in [1.165, 1.54) is 0 Å². The van der Waals surface area contributed by atoms with E-state index in [1.807, 2.05) is 17.8 Å². The Labute approximate surface area is 85.7 Å². The van der Waals surface area contributed by atoms with Crippen LogP contribution in [0.3, 0.4) is 0 Å². The topological polar surface area (TPSA) is 41.9 Å². The van der Waals surface area contributed by atoms with E-state index < -0.39 is 0 Å². The molecule has 0 spiro atoms. The zero-order chi connectivity index (χ0) is 10.6. The number of hydrogen-bond donors (Lipinski definition) is 2. The van der Waals surface area contributed by atoms with E-state index in [0.29, 0.717) is 0 Å². The number of hydrogen-bond acceptors (Lipinski definition) is 3. The molecule has 4 nitrogen and oxygen atoms in total. The molecule has 14 heavy (non-hydrogen) atoms. The van der Waals surface area contributed by atoms with Crippen molar-refractivity contribution in [1.29, 1.82) is 0 Å². The maximum Gasteiger partial charge on any atom is 0.123 e. The van der Waals surface area contributed by atoms with Crippen molar-refractivity contribution in [3.8, 4) is 0 Å². The quantitative estimate of drug-likeness (QED) is 0.711. The highest BCUT2D eigenvalue weighted by Gasteiger charge is 2.07. The minimum Gasteiger partial charge on any atom is -0.369 e. The summed E-state index contributed by atoms with van der Waals surface area (Å²) in [5, 5.41) is 10.8. The van der Waals surface area contributed by atoms with Crippen LogP contribution in [-0.2, 0) is 7.05 Å². The van der Waals surface area contributed by atoms with Gasteiger partial charge in [0.25, 0.3) is 0 Å². The van der Waals surface area contributed by atoms with Gasteiger partial charge in [-0.05, 0) is 20.8 Å². The summed E-state index contributed by atoms with van der Waals surface area (Å²) in [5.41, 5.74) is 0.189. The first-order chi connectivity index (χ1) is 6.49. The molecule has 0 unspecified atom stereocenters. The third-order valence-electron chi connectivity index (χ3n) is 1.91. The second kappa shape index (κ2) is 4.46. The van der Waals surface area contributed by atoms with Crippen LogP contribution in [0.1, 0.15) is 20.8 Å². The van der Waals surface area contributed by atoms with Gasteiger partial charge >= 0.3 is 0 Å². The van der Waals surface area contributed by atoms with Gasteiger partial charge in [-0.25, -0.2) is 0 Å². The van der Waals surface area contributed by atoms with E-state index in [0.717, 1.165) is 18.9 Å². The summed E-state index contributed by atoms with van der Waals surface area (Å²) < 4.78 is 1.83. The number of nitrogens with zero attached hydrogens (tertiary/aromatic N) is 2. The van der Waals surface area contributed by atoms with Crippen molar-refractivity contribution in [2.24, 2.45) is 7.05 Å². The van der Waals surface area contributed by atoms with Crippen LogP contribution in [0.15, 0.2) is 12.3 Å². The molecule has 1 heterocycles. The Morgan fingerprint density at radius 2 is 2.07 bits per heavy atom. The van der Waals surface area contributed by atoms with Crippen LogP contribution < -0.4 is 10.6 Å². The molecule has 0 amide bonds. The Hall–Kier alpha value is -1.03. The lowest BCUT2D eigenvalue weighted by atomic mass is 10.1. The molecule has 0 aromatic carbocycles. The molecule has 0 radical (unpaired) electrons. The van der Waals surface area contributed by atoms with Gasteiger partial charge in [0.15, 0.2) is 0 Å². The van der Waals surface area contributed by atoms with E-state index in [4.69, 9.17) is 0 Å². The largest absolute Gasteiger partial charge is 0.369 e. The number of nitrogens with one attached hydrogen (secondary N) is 2. The molecule has 0 saturated carbocycles. The standard InChI is InChI=1S/C10H20N4/c1-10(2,3)12-8-7-11-9-5-6-13-14(9)4/h5-6,11-12H,7-8H2,1-4H3. The summed E-state index contributed by atoms with van der Waals surface area (Å²) >= 11 is 0. The number of aromatic nitrogens is 2. The second-order valence-electron chi connectivity index (χ2n) is 4.44. The molecule has 1 rings (SSSR count). The Kier molecular flexibility index (Phi) is 3.52. The zero-order valence-corrected chi connectivity index (χ0v) is 9.46. The van der Waals surface area contributed by atoms with Gasteiger partial charge in [-0.2, -0.15) is 5.10 Å². The molecule has 0 bridgehead atoms. The monoisotopic (exact) mass is 196 g/mol. The minimum atomic E-state index is 0.189. The lowest BCUT2D eigenvalue weighted by Crippen LogP contribution is -2.38. The van der Waals surface area contributed by atoms with Crippen molar-refractivity contribution in [2.75, 3.05) is 18.4 Å². The van der Waals surface area contributed by atoms with Crippen molar-refractivity contribution >= 4 is 5.82 Å². The van der Waals surface area contributed by atoms with Gasteiger partial charge in [0.1, 0.15) is 5.82 Å². The fourth-order valence-corrected chi connectivity index (χ4v) is 1.18. The molecule has 1 aromatic rings. The Morgan fingerprint density at radius 1 is 1.36 bits per heavy atom. The van der Waals surface area contributed by atoms with Gasteiger partial charge in [0, 0.05) is 31.7 Å².